The highest BCUT2D eigenvalue weighted by molar-refractivity contribution is 5.87. The molecule has 0 amide bonds. The summed E-state index contributed by atoms with van der Waals surface area (Å²) in [4.78, 5) is 0. The molecule has 0 saturated carbocycles. The van der Waals surface area contributed by atoms with Crippen LogP contribution in [0.1, 0.15) is 29.5 Å². The molecule has 1 heterocycles. The maximum Gasteiger partial charge on any atom is 0.124 e. The van der Waals surface area contributed by atoms with Crippen LogP contribution in [0, 0.1) is 6.92 Å². The van der Waals surface area contributed by atoms with Gasteiger partial charge in [0.1, 0.15) is 12.4 Å². The van der Waals surface area contributed by atoms with Crippen molar-refractivity contribution in [2.75, 3.05) is 13.2 Å². The minimum Gasteiger partial charge on any atom is -0.489 e. The lowest BCUT2D eigenvalue weighted by Gasteiger charge is -2.16. The van der Waals surface area contributed by atoms with E-state index in [2.05, 4.69) is 72.9 Å². The Kier molecular flexibility index (Phi) is 5.71. The van der Waals surface area contributed by atoms with Crippen molar-refractivity contribution in [2.24, 2.45) is 0 Å². The van der Waals surface area contributed by atoms with Gasteiger partial charge in [0.15, 0.2) is 0 Å². The Bertz CT molecular complexity index is 883. The molecule has 140 valence electrons. The molecule has 0 aromatic heterocycles. The monoisotopic (exact) mass is 361 g/mol. The number of fused-ring (bicyclic) bond motifs is 1. The second kappa shape index (κ2) is 8.55. The molecule has 3 aromatic carbocycles. The van der Waals surface area contributed by atoms with E-state index in [0.29, 0.717) is 12.7 Å². The molecule has 3 nitrogen and oxygen atoms in total. The van der Waals surface area contributed by atoms with Crippen molar-refractivity contribution in [3.63, 3.8) is 0 Å². The molecule has 1 N–H and O–H groups in total. The Balaban J connectivity index is 1.51. The molecular weight excluding hydrogens is 334 g/mol. The second-order valence-electron chi connectivity index (χ2n) is 7.30. The molecule has 27 heavy (non-hydrogen) atoms. The Labute approximate surface area is 161 Å². The molecule has 3 aromatic rings. The average Bonchev–Trinajstić information content (AvgIpc) is 3.22. The molecular formula is C24H27NO2. The van der Waals surface area contributed by atoms with Crippen LogP contribution in [0.4, 0.5) is 0 Å². The minimum atomic E-state index is 0.344. The van der Waals surface area contributed by atoms with Crippen LogP contribution in [0.3, 0.4) is 0 Å². The lowest BCUT2D eigenvalue weighted by atomic mass is 10.0. The van der Waals surface area contributed by atoms with E-state index in [-0.39, 0.29) is 0 Å². The largest absolute Gasteiger partial charge is 0.489 e. The summed E-state index contributed by atoms with van der Waals surface area (Å²) < 4.78 is 12.0. The molecule has 1 saturated heterocycles. The van der Waals surface area contributed by atoms with Crippen LogP contribution in [-0.2, 0) is 17.9 Å². The second-order valence-corrected chi connectivity index (χ2v) is 7.30. The van der Waals surface area contributed by atoms with Crippen molar-refractivity contribution in [2.45, 2.75) is 39.0 Å². The van der Waals surface area contributed by atoms with Crippen LogP contribution in [-0.4, -0.2) is 19.3 Å². The Morgan fingerprint density at radius 3 is 2.70 bits per heavy atom. The Hall–Kier alpha value is -2.36. The van der Waals surface area contributed by atoms with Crippen LogP contribution >= 0.6 is 0 Å². The van der Waals surface area contributed by atoms with E-state index in [1.54, 1.807) is 0 Å². The van der Waals surface area contributed by atoms with Crippen LogP contribution in [0.15, 0.2) is 60.7 Å². The van der Waals surface area contributed by atoms with Gasteiger partial charge >= 0.3 is 0 Å². The first kappa shape index (κ1) is 18.0. The van der Waals surface area contributed by atoms with Crippen molar-refractivity contribution < 1.29 is 9.47 Å². The lowest BCUT2D eigenvalue weighted by molar-refractivity contribution is 0.110. The quantitative estimate of drug-likeness (QED) is 0.643. The third kappa shape index (κ3) is 4.49. The molecule has 0 radical (unpaired) electrons. The molecule has 0 unspecified atom stereocenters. The third-order valence-electron chi connectivity index (χ3n) is 5.21. The van der Waals surface area contributed by atoms with Gasteiger partial charge in [-0.1, -0.05) is 60.2 Å². The third-order valence-corrected chi connectivity index (χ3v) is 5.21. The van der Waals surface area contributed by atoms with Gasteiger partial charge in [0.25, 0.3) is 0 Å². The lowest BCUT2D eigenvalue weighted by Crippen LogP contribution is -2.26. The number of nitrogens with one attached hydrogen (secondary N) is 1. The fourth-order valence-electron chi connectivity index (χ4n) is 3.64. The zero-order valence-corrected chi connectivity index (χ0v) is 15.9. The molecule has 0 bridgehead atoms. The molecule has 3 heteroatoms. The van der Waals surface area contributed by atoms with Gasteiger partial charge in [0.05, 0.1) is 6.10 Å². The molecule has 1 fully saturated rings. The average molecular weight is 361 g/mol. The first-order valence-corrected chi connectivity index (χ1v) is 9.81. The van der Waals surface area contributed by atoms with Crippen molar-refractivity contribution in [1.29, 1.82) is 0 Å². The summed E-state index contributed by atoms with van der Waals surface area (Å²) in [5, 5.41) is 6.07. The van der Waals surface area contributed by atoms with Gasteiger partial charge in [0, 0.05) is 25.3 Å². The first-order valence-electron chi connectivity index (χ1n) is 9.81. The molecule has 1 aliphatic heterocycles. The number of ether oxygens (including phenoxy) is 2. The summed E-state index contributed by atoms with van der Waals surface area (Å²) in [5.74, 6) is 0.953. The molecule has 0 aliphatic carbocycles. The van der Waals surface area contributed by atoms with Crippen LogP contribution in [0.2, 0.25) is 0 Å². The summed E-state index contributed by atoms with van der Waals surface area (Å²) in [6.07, 6.45) is 2.67. The summed E-state index contributed by atoms with van der Waals surface area (Å²) in [5.41, 5.74) is 3.67. The Morgan fingerprint density at radius 2 is 1.89 bits per heavy atom. The van der Waals surface area contributed by atoms with Gasteiger partial charge in [-0.2, -0.15) is 0 Å². The standard InChI is InChI=1S/C24H27NO2/c1-18-8-10-19(11-9-18)17-27-24-13-12-20-5-2-3-7-22(20)23(24)16-25-15-21-6-4-14-26-21/h2-3,5,7-13,21,25H,4,6,14-17H2,1H3/t21-/m0/s1. The van der Waals surface area contributed by atoms with Crippen LogP contribution < -0.4 is 10.1 Å². The number of rotatable bonds is 7. The Morgan fingerprint density at radius 1 is 1.04 bits per heavy atom. The van der Waals surface area contributed by atoms with Crippen molar-refractivity contribution >= 4 is 10.8 Å². The zero-order chi connectivity index (χ0) is 18.5. The summed E-state index contributed by atoms with van der Waals surface area (Å²) in [6.45, 7) is 5.25. The summed E-state index contributed by atoms with van der Waals surface area (Å²) >= 11 is 0. The molecule has 1 aliphatic rings. The summed E-state index contributed by atoms with van der Waals surface area (Å²) in [6, 6.07) is 21.3. The maximum atomic E-state index is 6.22. The number of aryl methyl sites for hydroxylation is 1. The summed E-state index contributed by atoms with van der Waals surface area (Å²) in [7, 11) is 0. The van der Waals surface area contributed by atoms with Crippen molar-refractivity contribution in [1.82, 2.24) is 5.32 Å². The molecule has 1 atom stereocenters. The first-order chi connectivity index (χ1) is 13.3. The predicted octanol–water partition coefficient (Wildman–Crippen LogP) is 5.00. The normalized spacial score (nSPS) is 16.7. The van der Waals surface area contributed by atoms with Gasteiger partial charge in [-0.15, -0.1) is 0 Å². The highest BCUT2D eigenvalue weighted by Crippen LogP contribution is 2.29. The smallest absolute Gasteiger partial charge is 0.124 e. The highest BCUT2D eigenvalue weighted by Gasteiger charge is 2.15. The number of hydrogen-bond acceptors (Lipinski definition) is 3. The van der Waals surface area contributed by atoms with Gasteiger partial charge < -0.3 is 14.8 Å². The number of benzene rings is 3. The minimum absolute atomic E-state index is 0.344. The maximum absolute atomic E-state index is 6.22. The predicted molar refractivity (Wildman–Crippen MR) is 110 cm³/mol. The van der Waals surface area contributed by atoms with E-state index in [1.807, 2.05) is 0 Å². The van der Waals surface area contributed by atoms with Gasteiger partial charge in [-0.3, -0.25) is 0 Å². The highest BCUT2D eigenvalue weighted by atomic mass is 16.5. The van der Waals surface area contributed by atoms with E-state index in [4.69, 9.17) is 9.47 Å². The van der Waals surface area contributed by atoms with Gasteiger partial charge in [-0.05, 0) is 42.2 Å². The topological polar surface area (TPSA) is 30.5 Å². The van der Waals surface area contributed by atoms with E-state index in [1.165, 1.54) is 33.9 Å². The zero-order valence-electron chi connectivity index (χ0n) is 15.9. The van der Waals surface area contributed by atoms with E-state index in [0.717, 1.165) is 31.9 Å². The molecule has 0 spiro atoms. The fraction of sp³-hybridized carbons (Fsp3) is 0.333. The van der Waals surface area contributed by atoms with E-state index in [9.17, 15) is 0 Å². The SMILES string of the molecule is Cc1ccc(COc2ccc3ccccc3c2CNC[C@@H]2CCCO2)cc1. The van der Waals surface area contributed by atoms with Gasteiger partial charge in [0.2, 0.25) is 0 Å². The number of hydrogen-bond donors (Lipinski definition) is 1. The molecule has 4 rings (SSSR count). The van der Waals surface area contributed by atoms with Crippen LogP contribution in [0.5, 0.6) is 5.75 Å². The van der Waals surface area contributed by atoms with E-state index >= 15 is 0 Å². The fourth-order valence-corrected chi connectivity index (χ4v) is 3.64. The van der Waals surface area contributed by atoms with Gasteiger partial charge in [-0.25, -0.2) is 0 Å². The van der Waals surface area contributed by atoms with Crippen molar-refractivity contribution in [3.8, 4) is 5.75 Å². The van der Waals surface area contributed by atoms with E-state index < -0.39 is 0 Å². The van der Waals surface area contributed by atoms with Crippen LogP contribution in [0.25, 0.3) is 10.8 Å². The van der Waals surface area contributed by atoms with Crippen molar-refractivity contribution in [3.05, 3.63) is 77.4 Å².